The zero-order valence-electron chi connectivity index (χ0n) is 13.1. The molecule has 0 aromatic carbocycles. The third-order valence-electron chi connectivity index (χ3n) is 4.59. The van der Waals surface area contributed by atoms with Crippen molar-refractivity contribution in [2.24, 2.45) is 17.8 Å². The number of nitrogens with one attached hydrogen (secondary N) is 1. The molecule has 0 aromatic heterocycles. The van der Waals surface area contributed by atoms with Crippen molar-refractivity contribution in [3.8, 4) is 0 Å². The fraction of sp³-hybridized carbons (Fsp3) is 0.875. The highest BCUT2D eigenvalue weighted by Crippen LogP contribution is 2.28. The van der Waals surface area contributed by atoms with Crippen LogP contribution in [0, 0.1) is 17.8 Å². The molecule has 1 saturated carbocycles. The van der Waals surface area contributed by atoms with Crippen LogP contribution in [0.2, 0.25) is 0 Å². The Morgan fingerprint density at radius 2 is 1.86 bits per heavy atom. The van der Waals surface area contributed by atoms with Crippen LogP contribution >= 0.6 is 0 Å². The molecule has 126 valence electrons. The van der Waals surface area contributed by atoms with Crippen LogP contribution in [-0.4, -0.2) is 50.0 Å². The van der Waals surface area contributed by atoms with E-state index in [1.54, 1.807) is 0 Å². The Hall–Kier alpha value is -1.14. The molecule has 1 aliphatic heterocycles. The predicted octanol–water partition coefficient (Wildman–Crippen LogP) is 1.44. The Balaban J connectivity index is 1.48. The smallest absolute Gasteiger partial charge is 0.306 e. The quantitative estimate of drug-likeness (QED) is 0.662. The van der Waals surface area contributed by atoms with E-state index < -0.39 is 5.97 Å². The number of amides is 1. The maximum atomic E-state index is 12.0. The van der Waals surface area contributed by atoms with Crippen molar-refractivity contribution in [2.45, 2.75) is 38.5 Å². The summed E-state index contributed by atoms with van der Waals surface area (Å²) in [5, 5.41) is 11.9. The molecule has 0 bridgehead atoms. The van der Waals surface area contributed by atoms with Crippen molar-refractivity contribution in [1.29, 1.82) is 0 Å². The van der Waals surface area contributed by atoms with Crippen LogP contribution in [-0.2, 0) is 19.1 Å². The van der Waals surface area contributed by atoms with E-state index in [2.05, 4.69) is 5.32 Å². The van der Waals surface area contributed by atoms with Gasteiger partial charge in [-0.15, -0.1) is 0 Å². The minimum absolute atomic E-state index is 0.0212. The Bertz CT molecular complexity index is 360. The lowest BCUT2D eigenvalue weighted by Gasteiger charge is -2.25. The zero-order valence-corrected chi connectivity index (χ0v) is 13.1. The number of carboxylic acids is 1. The van der Waals surface area contributed by atoms with Gasteiger partial charge in [0.25, 0.3) is 0 Å². The van der Waals surface area contributed by atoms with Gasteiger partial charge in [-0.25, -0.2) is 0 Å². The Kier molecular flexibility index (Phi) is 7.12. The monoisotopic (exact) mass is 313 g/mol. The standard InChI is InChI=1S/C16H27NO5/c18-15(13-2-4-14(5-3-13)16(19)20)17-7-1-8-21-10-12-6-9-22-11-12/h12-14H,1-11H2,(H,17,18)(H,19,20). The summed E-state index contributed by atoms with van der Waals surface area (Å²) in [6.45, 7) is 3.67. The molecular formula is C16H27NO5. The molecule has 1 aliphatic carbocycles. The van der Waals surface area contributed by atoms with Crippen molar-refractivity contribution >= 4 is 11.9 Å². The molecule has 2 aliphatic rings. The van der Waals surface area contributed by atoms with E-state index in [1.165, 1.54) is 0 Å². The number of ether oxygens (including phenoxy) is 2. The topological polar surface area (TPSA) is 84.9 Å². The number of carbonyl (C=O) groups excluding carboxylic acids is 1. The van der Waals surface area contributed by atoms with Crippen molar-refractivity contribution in [1.82, 2.24) is 5.32 Å². The van der Waals surface area contributed by atoms with Crippen LogP contribution in [0.1, 0.15) is 38.5 Å². The molecule has 22 heavy (non-hydrogen) atoms. The second kappa shape index (κ2) is 9.10. The largest absolute Gasteiger partial charge is 0.481 e. The molecule has 2 N–H and O–H groups in total. The molecule has 1 amide bonds. The molecule has 0 radical (unpaired) electrons. The zero-order chi connectivity index (χ0) is 15.8. The maximum Gasteiger partial charge on any atom is 0.306 e. The van der Waals surface area contributed by atoms with Gasteiger partial charge in [0.1, 0.15) is 0 Å². The SMILES string of the molecule is O=C(O)C1CCC(C(=O)NCCCOCC2CCOC2)CC1. The van der Waals surface area contributed by atoms with Gasteiger partial charge in [0.05, 0.1) is 19.1 Å². The average molecular weight is 313 g/mol. The lowest BCUT2D eigenvalue weighted by atomic mass is 9.81. The van der Waals surface area contributed by atoms with Crippen LogP contribution in [0.3, 0.4) is 0 Å². The Morgan fingerprint density at radius 1 is 1.14 bits per heavy atom. The van der Waals surface area contributed by atoms with E-state index in [9.17, 15) is 9.59 Å². The van der Waals surface area contributed by atoms with Gasteiger partial charge in [0, 0.05) is 31.6 Å². The van der Waals surface area contributed by atoms with Crippen molar-refractivity contribution in [3.05, 3.63) is 0 Å². The van der Waals surface area contributed by atoms with Gasteiger partial charge in [0.15, 0.2) is 0 Å². The van der Waals surface area contributed by atoms with Crippen molar-refractivity contribution in [3.63, 3.8) is 0 Å². The van der Waals surface area contributed by atoms with E-state index in [-0.39, 0.29) is 17.7 Å². The van der Waals surface area contributed by atoms with Crippen LogP contribution < -0.4 is 5.32 Å². The number of carbonyl (C=O) groups is 2. The van der Waals surface area contributed by atoms with Crippen molar-refractivity contribution in [2.75, 3.05) is 33.0 Å². The molecule has 1 heterocycles. The van der Waals surface area contributed by atoms with Gasteiger partial charge in [-0.1, -0.05) is 0 Å². The first kappa shape index (κ1) is 17.2. The van der Waals surface area contributed by atoms with Crippen LogP contribution in [0.4, 0.5) is 0 Å². The summed E-state index contributed by atoms with van der Waals surface area (Å²) < 4.78 is 10.9. The van der Waals surface area contributed by atoms with Crippen molar-refractivity contribution < 1.29 is 24.2 Å². The first-order valence-electron chi connectivity index (χ1n) is 8.33. The summed E-state index contributed by atoms with van der Waals surface area (Å²) in [5.41, 5.74) is 0. The van der Waals surface area contributed by atoms with E-state index in [0.717, 1.165) is 32.7 Å². The van der Waals surface area contributed by atoms with Gasteiger partial charge in [0.2, 0.25) is 5.91 Å². The van der Waals surface area contributed by atoms with E-state index >= 15 is 0 Å². The average Bonchev–Trinajstić information content (AvgIpc) is 3.04. The number of rotatable bonds is 8. The highest BCUT2D eigenvalue weighted by Gasteiger charge is 2.29. The predicted molar refractivity (Wildman–Crippen MR) is 80.5 cm³/mol. The molecule has 1 saturated heterocycles. The molecule has 2 rings (SSSR count). The van der Waals surface area contributed by atoms with Gasteiger partial charge in [-0.3, -0.25) is 9.59 Å². The third-order valence-corrected chi connectivity index (χ3v) is 4.59. The summed E-state index contributed by atoms with van der Waals surface area (Å²) >= 11 is 0. The van der Waals surface area contributed by atoms with Crippen LogP contribution in [0.25, 0.3) is 0 Å². The van der Waals surface area contributed by atoms with Gasteiger partial charge in [-0.2, -0.15) is 0 Å². The van der Waals surface area contributed by atoms with Gasteiger partial charge in [-0.05, 0) is 38.5 Å². The molecule has 1 unspecified atom stereocenters. The Labute approximate surface area is 131 Å². The fourth-order valence-corrected chi connectivity index (χ4v) is 3.10. The second-order valence-electron chi connectivity index (χ2n) is 6.34. The molecule has 0 aromatic rings. The molecular weight excluding hydrogens is 286 g/mol. The summed E-state index contributed by atoms with van der Waals surface area (Å²) in [4.78, 5) is 22.9. The summed E-state index contributed by atoms with van der Waals surface area (Å²) in [5.74, 6) is -0.431. The number of aliphatic carboxylic acids is 1. The van der Waals surface area contributed by atoms with E-state index in [1.807, 2.05) is 0 Å². The highest BCUT2D eigenvalue weighted by molar-refractivity contribution is 5.79. The molecule has 1 atom stereocenters. The van der Waals surface area contributed by atoms with Crippen LogP contribution in [0.15, 0.2) is 0 Å². The number of hydrogen-bond acceptors (Lipinski definition) is 4. The molecule has 0 spiro atoms. The summed E-state index contributed by atoms with van der Waals surface area (Å²) in [7, 11) is 0. The normalized spacial score (nSPS) is 28.5. The molecule has 6 heteroatoms. The highest BCUT2D eigenvalue weighted by atomic mass is 16.5. The minimum Gasteiger partial charge on any atom is -0.481 e. The first-order valence-corrected chi connectivity index (χ1v) is 8.33. The molecule has 6 nitrogen and oxygen atoms in total. The lowest BCUT2D eigenvalue weighted by molar-refractivity contribution is -0.144. The summed E-state index contributed by atoms with van der Waals surface area (Å²) in [6, 6.07) is 0. The number of hydrogen-bond donors (Lipinski definition) is 2. The summed E-state index contributed by atoms with van der Waals surface area (Å²) in [6.07, 6.45) is 4.47. The van der Waals surface area contributed by atoms with Crippen LogP contribution in [0.5, 0.6) is 0 Å². The second-order valence-corrected chi connectivity index (χ2v) is 6.34. The van der Waals surface area contributed by atoms with Gasteiger partial charge >= 0.3 is 5.97 Å². The number of carboxylic acid groups (broad SMARTS) is 1. The molecule has 2 fully saturated rings. The fourth-order valence-electron chi connectivity index (χ4n) is 3.10. The van der Waals surface area contributed by atoms with E-state index in [0.29, 0.717) is 44.8 Å². The van der Waals surface area contributed by atoms with E-state index in [4.69, 9.17) is 14.6 Å². The minimum atomic E-state index is -0.733. The maximum absolute atomic E-state index is 12.0. The third kappa shape index (κ3) is 5.57. The first-order chi connectivity index (χ1) is 10.7. The van der Waals surface area contributed by atoms with Gasteiger partial charge < -0.3 is 19.9 Å². The Morgan fingerprint density at radius 3 is 2.50 bits per heavy atom. The lowest BCUT2D eigenvalue weighted by Crippen LogP contribution is -2.35.